The van der Waals surface area contributed by atoms with E-state index in [2.05, 4.69) is 0 Å². The van der Waals surface area contributed by atoms with Crippen LogP contribution in [0.15, 0.2) is 84.1 Å². The Balaban J connectivity index is 1.78. The van der Waals surface area contributed by atoms with Gasteiger partial charge in [0.15, 0.2) is 5.78 Å². The van der Waals surface area contributed by atoms with Gasteiger partial charge in [-0.3, -0.25) is 4.79 Å². The largest absolute Gasteiger partial charge is 0.507 e. The van der Waals surface area contributed by atoms with Crippen molar-refractivity contribution in [3.8, 4) is 5.75 Å². The minimum absolute atomic E-state index is 0.0683. The van der Waals surface area contributed by atoms with E-state index >= 15 is 0 Å². The summed E-state index contributed by atoms with van der Waals surface area (Å²) >= 11 is 0. The molecule has 7 nitrogen and oxygen atoms in total. The average Bonchev–Trinajstić information content (AvgIpc) is 3.28. The van der Waals surface area contributed by atoms with Gasteiger partial charge in [0.05, 0.1) is 31.5 Å². The maximum Gasteiger partial charge on any atom is 0.337 e. The number of phenols is 1. The second-order valence-corrected chi connectivity index (χ2v) is 12.3. The van der Waals surface area contributed by atoms with Crippen LogP contribution in [0.4, 0.5) is 5.69 Å². The first-order valence-electron chi connectivity index (χ1n) is 13.7. The Morgan fingerprint density at radius 2 is 1.37 bits per heavy atom. The third-order valence-corrected chi connectivity index (χ3v) is 7.02. The number of carbonyl (C=O) groups is 2. The predicted molar refractivity (Wildman–Crippen MR) is 161 cm³/mol. The van der Waals surface area contributed by atoms with Gasteiger partial charge in [0.2, 0.25) is 5.62 Å². The molecule has 0 atom stereocenters. The van der Waals surface area contributed by atoms with Crippen LogP contribution in [-0.4, -0.2) is 33.1 Å². The van der Waals surface area contributed by atoms with Gasteiger partial charge in [0.25, 0.3) is 0 Å². The van der Waals surface area contributed by atoms with Gasteiger partial charge in [-0.15, -0.1) is 0 Å². The fourth-order valence-corrected chi connectivity index (χ4v) is 4.70. The minimum Gasteiger partial charge on any atom is -0.507 e. The number of hydrogen-bond acceptors (Lipinski definition) is 5. The Kier molecular flexibility index (Phi) is 8.38. The molecular weight excluding hydrogens is 514 g/mol. The first kappa shape index (κ1) is 29.6. The lowest BCUT2D eigenvalue weighted by molar-refractivity contribution is 0.0600. The standard InChI is InChI=1S/C34H39N3O4/c1-33(2,3)27-19-25(20-28(30(27)39)34(4,5)6)29(38)22-37-18-17-36(21-23-11-9-8-10-12-23)32(37)35-26-15-13-24(14-16-26)31(40)41-7/h8-20,39H,21-22H2,1-7H3. The van der Waals surface area contributed by atoms with E-state index in [-0.39, 0.29) is 28.9 Å². The number of aromatic hydroxyl groups is 1. The van der Waals surface area contributed by atoms with Crippen molar-refractivity contribution in [1.82, 2.24) is 9.13 Å². The summed E-state index contributed by atoms with van der Waals surface area (Å²) in [5.74, 6) is -0.252. The van der Waals surface area contributed by atoms with Gasteiger partial charge in [-0.05, 0) is 52.8 Å². The third-order valence-electron chi connectivity index (χ3n) is 7.02. The lowest BCUT2D eigenvalue weighted by Crippen LogP contribution is -2.29. The van der Waals surface area contributed by atoms with Gasteiger partial charge in [-0.25, -0.2) is 9.79 Å². The van der Waals surface area contributed by atoms with Gasteiger partial charge in [-0.2, -0.15) is 0 Å². The Hall–Kier alpha value is -4.39. The molecule has 0 radical (unpaired) electrons. The Bertz CT molecular complexity index is 1580. The first-order chi connectivity index (χ1) is 19.3. The number of imidazole rings is 1. The fraction of sp³-hybridized carbons (Fsp3) is 0.324. The average molecular weight is 554 g/mol. The van der Waals surface area contributed by atoms with E-state index in [0.717, 1.165) is 16.7 Å². The molecule has 0 saturated carbocycles. The first-order valence-corrected chi connectivity index (χ1v) is 13.7. The molecule has 0 unspecified atom stereocenters. The maximum atomic E-state index is 13.8. The number of nitrogens with zero attached hydrogens (tertiary/aromatic N) is 3. The van der Waals surface area contributed by atoms with Crippen LogP contribution in [0.2, 0.25) is 0 Å². The molecule has 214 valence electrons. The number of ether oxygens (including phenoxy) is 1. The SMILES string of the molecule is COC(=O)c1ccc(N=c2n(CC(=O)c3cc(C(C)(C)C)c(O)c(C(C)(C)C)c3)ccn2Cc2ccccc2)cc1. The second-order valence-electron chi connectivity index (χ2n) is 12.3. The summed E-state index contributed by atoms with van der Waals surface area (Å²) in [6.07, 6.45) is 3.78. The summed E-state index contributed by atoms with van der Waals surface area (Å²) in [5, 5.41) is 11.1. The monoisotopic (exact) mass is 553 g/mol. The maximum absolute atomic E-state index is 13.8. The number of Topliss-reactive ketones (excluding diaryl/α,β-unsaturated/α-hetero) is 1. The number of hydrogen-bond donors (Lipinski definition) is 1. The van der Waals surface area contributed by atoms with Crippen molar-refractivity contribution in [1.29, 1.82) is 0 Å². The van der Waals surface area contributed by atoms with Crippen molar-refractivity contribution in [2.24, 2.45) is 4.99 Å². The van der Waals surface area contributed by atoms with Crippen LogP contribution in [0.3, 0.4) is 0 Å². The molecule has 0 saturated heterocycles. The van der Waals surface area contributed by atoms with Crippen molar-refractivity contribution >= 4 is 17.4 Å². The molecule has 0 fully saturated rings. The number of rotatable bonds is 7. The summed E-state index contributed by atoms with van der Waals surface area (Å²) in [6.45, 7) is 12.8. The highest BCUT2D eigenvalue weighted by molar-refractivity contribution is 5.96. The summed E-state index contributed by atoms with van der Waals surface area (Å²) in [6, 6.07) is 20.5. The summed E-state index contributed by atoms with van der Waals surface area (Å²) < 4.78 is 8.64. The number of ketones is 1. The smallest absolute Gasteiger partial charge is 0.337 e. The van der Waals surface area contributed by atoms with Crippen molar-refractivity contribution in [2.45, 2.75) is 65.5 Å². The molecule has 0 aliphatic rings. The van der Waals surface area contributed by atoms with E-state index in [1.165, 1.54) is 7.11 Å². The van der Waals surface area contributed by atoms with E-state index in [1.54, 1.807) is 24.3 Å². The molecule has 0 spiro atoms. The quantitative estimate of drug-likeness (QED) is 0.208. The lowest BCUT2D eigenvalue weighted by Gasteiger charge is -2.28. The topological polar surface area (TPSA) is 85.8 Å². The third kappa shape index (κ3) is 6.85. The highest BCUT2D eigenvalue weighted by Gasteiger charge is 2.28. The molecule has 7 heteroatoms. The van der Waals surface area contributed by atoms with Gasteiger partial charge in [0, 0.05) is 29.1 Å². The Labute approximate surface area is 241 Å². The van der Waals surface area contributed by atoms with E-state index in [1.807, 2.05) is 106 Å². The van der Waals surface area contributed by atoms with Crippen molar-refractivity contribution in [3.05, 3.63) is 113 Å². The van der Waals surface area contributed by atoms with Crippen LogP contribution in [0.5, 0.6) is 5.75 Å². The highest BCUT2D eigenvalue weighted by atomic mass is 16.5. The van der Waals surface area contributed by atoms with Crippen LogP contribution in [0, 0.1) is 0 Å². The number of esters is 1. The van der Waals surface area contributed by atoms with E-state index < -0.39 is 5.97 Å². The number of phenolic OH excluding ortho intramolecular Hbond substituents is 1. The molecule has 1 N–H and O–H groups in total. The molecule has 1 heterocycles. The van der Waals surface area contributed by atoms with Crippen LogP contribution in [0.25, 0.3) is 0 Å². The van der Waals surface area contributed by atoms with Crippen LogP contribution < -0.4 is 5.62 Å². The number of methoxy groups -OCH3 is 1. The Morgan fingerprint density at radius 1 is 0.805 bits per heavy atom. The zero-order chi connectivity index (χ0) is 29.9. The lowest BCUT2D eigenvalue weighted by atomic mass is 9.78. The molecule has 0 bridgehead atoms. The number of carbonyl (C=O) groups excluding carboxylic acids is 2. The summed E-state index contributed by atoms with van der Waals surface area (Å²) in [7, 11) is 1.35. The van der Waals surface area contributed by atoms with Crippen molar-refractivity contribution in [3.63, 3.8) is 0 Å². The molecular formula is C34H39N3O4. The normalized spacial score (nSPS) is 12.4. The van der Waals surface area contributed by atoms with Crippen LogP contribution in [-0.2, 0) is 28.7 Å². The minimum atomic E-state index is -0.414. The van der Waals surface area contributed by atoms with Crippen LogP contribution >= 0.6 is 0 Å². The summed E-state index contributed by atoms with van der Waals surface area (Å²) in [4.78, 5) is 30.6. The van der Waals surface area contributed by atoms with Crippen LogP contribution in [0.1, 0.15) is 78.9 Å². The molecule has 3 aromatic carbocycles. The van der Waals surface area contributed by atoms with Gasteiger partial charge >= 0.3 is 5.97 Å². The molecule has 1 aromatic heterocycles. The highest BCUT2D eigenvalue weighted by Crippen LogP contribution is 2.39. The Morgan fingerprint density at radius 3 is 1.90 bits per heavy atom. The van der Waals surface area contributed by atoms with E-state index in [0.29, 0.717) is 29.0 Å². The van der Waals surface area contributed by atoms with Gasteiger partial charge in [-0.1, -0.05) is 71.9 Å². The molecule has 0 aliphatic heterocycles. The molecule has 0 amide bonds. The zero-order valence-corrected chi connectivity index (χ0v) is 24.9. The van der Waals surface area contributed by atoms with Gasteiger partial charge < -0.3 is 19.0 Å². The molecule has 4 rings (SSSR count). The number of aromatic nitrogens is 2. The zero-order valence-electron chi connectivity index (χ0n) is 24.9. The van der Waals surface area contributed by atoms with E-state index in [9.17, 15) is 14.7 Å². The summed E-state index contributed by atoms with van der Waals surface area (Å²) in [5.41, 5.74) is 4.13. The van der Waals surface area contributed by atoms with E-state index in [4.69, 9.17) is 9.73 Å². The fourth-order valence-electron chi connectivity index (χ4n) is 4.70. The van der Waals surface area contributed by atoms with Crippen molar-refractivity contribution < 1.29 is 19.4 Å². The molecule has 0 aliphatic carbocycles. The second kappa shape index (κ2) is 11.6. The molecule has 4 aromatic rings. The van der Waals surface area contributed by atoms with Gasteiger partial charge in [0.1, 0.15) is 5.75 Å². The number of benzene rings is 3. The molecule has 41 heavy (non-hydrogen) atoms. The predicted octanol–water partition coefficient (Wildman–Crippen LogP) is 6.54. The van der Waals surface area contributed by atoms with Crippen molar-refractivity contribution in [2.75, 3.05) is 7.11 Å².